The van der Waals surface area contributed by atoms with Crippen molar-refractivity contribution < 1.29 is 10.2 Å². The van der Waals surface area contributed by atoms with Crippen LogP contribution in [0, 0.1) is 10.8 Å². The molecule has 0 saturated heterocycles. The smallest absolute Gasteiger partial charge is 0.0666 e. The highest BCUT2D eigenvalue weighted by Gasteiger charge is 2.47. The monoisotopic (exact) mass is 172 g/mol. The molecule has 1 aliphatic rings. The summed E-state index contributed by atoms with van der Waals surface area (Å²) in [6, 6.07) is 0. The minimum atomic E-state index is -0.409. The average Bonchev–Trinajstić information content (AvgIpc) is 1.96. The fourth-order valence-corrected chi connectivity index (χ4v) is 2.21. The summed E-state index contributed by atoms with van der Waals surface area (Å²) in [6.45, 7) is 7.99. The molecule has 72 valence electrons. The van der Waals surface area contributed by atoms with Gasteiger partial charge in [-0.3, -0.25) is 0 Å². The molecule has 0 bridgehead atoms. The maximum Gasteiger partial charge on any atom is 0.0666 e. The van der Waals surface area contributed by atoms with E-state index in [0.717, 1.165) is 12.8 Å². The molecule has 2 nitrogen and oxygen atoms in total. The van der Waals surface area contributed by atoms with Gasteiger partial charge in [-0.25, -0.2) is 0 Å². The van der Waals surface area contributed by atoms with Crippen LogP contribution in [0.4, 0.5) is 0 Å². The third kappa shape index (κ3) is 1.38. The molecule has 2 unspecified atom stereocenters. The van der Waals surface area contributed by atoms with Gasteiger partial charge < -0.3 is 10.2 Å². The van der Waals surface area contributed by atoms with E-state index in [-0.39, 0.29) is 16.9 Å². The molecule has 2 N–H and O–H groups in total. The molecule has 2 atom stereocenters. The molecule has 1 saturated carbocycles. The zero-order chi connectivity index (χ0) is 9.57. The molecule has 0 radical (unpaired) electrons. The maximum atomic E-state index is 9.98. The summed E-state index contributed by atoms with van der Waals surface area (Å²) in [6.07, 6.45) is 0.935. The van der Waals surface area contributed by atoms with Gasteiger partial charge in [-0.1, -0.05) is 27.7 Å². The van der Waals surface area contributed by atoms with E-state index < -0.39 is 6.10 Å². The Labute approximate surface area is 74.6 Å². The standard InChI is InChI=1S/C10H20O2/c1-9(2)6-5-7(11)10(3,4)8(9)12/h7-8,11-12H,5-6H2,1-4H3. The van der Waals surface area contributed by atoms with Crippen LogP contribution in [-0.4, -0.2) is 22.4 Å². The first-order chi connectivity index (χ1) is 5.28. The molecule has 0 aliphatic heterocycles. The van der Waals surface area contributed by atoms with Gasteiger partial charge in [0.15, 0.2) is 0 Å². The lowest BCUT2D eigenvalue weighted by atomic mass is 9.61. The molecular formula is C10H20O2. The van der Waals surface area contributed by atoms with Crippen LogP contribution in [0.25, 0.3) is 0 Å². The minimum absolute atomic E-state index is 0.0528. The van der Waals surface area contributed by atoms with Gasteiger partial charge in [0.2, 0.25) is 0 Å². The molecule has 0 amide bonds. The number of aliphatic hydroxyl groups is 2. The lowest BCUT2D eigenvalue weighted by molar-refractivity contribution is -0.138. The first-order valence-corrected chi connectivity index (χ1v) is 4.64. The third-order valence-electron chi connectivity index (χ3n) is 3.37. The molecule has 0 aromatic carbocycles. The van der Waals surface area contributed by atoms with Gasteiger partial charge in [-0.15, -0.1) is 0 Å². The van der Waals surface area contributed by atoms with Crippen LogP contribution in [0.1, 0.15) is 40.5 Å². The highest BCUT2D eigenvalue weighted by atomic mass is 16.3. The average molecular weight is 172 g/mol. The molecule has 2 heteroatoms. The van der Waals surface area contributed by atoms with E-state index in [4.69, 9.17) is 0 Å². The van der Waals surface area contributed by atoms with E-state index in [9.17, 15) is 10.2 Å². The Morgan fingerprint density at radius 1 is 1.08 bits per heavy atom. The molecule has 0 aromatic rings. The van der Waals surface area contributed by atoms with Crippen molar-refractivity contribution >= 4 is 0 Å². The molecular weight excluding hydrogens is 152 g/mol. The quantitative estimate of drug-likeness (QED) is 0.582. The SMILES string of the molecule is CC1(C)CCC(O)C(C)(C)C1O. The van der Waals surface area contributed by atoms with E-state index in [2.05, 4.69) is 13.8 Å². The van der Waals surface area contributed by atoms with Crippen molar-refractivity contribution in [2.24, 2.45) is 10.8 Å². The van der Waals surface area contributed by atoms with Gasteiger partial charge >= 0.3 is 0 Å². The topological polar surface area (TPSA) is 40.5 Å². The second-order valence-electron chi connectivity index (χ2n) is 5.27. The first kappa shape index (κ1) is 10.0. The lowest BCUT2D eigenvalue weighted by Gasteiger charge is -2.48. The van der Waals surface area contributed by atoms with E-state index >= 15 is 0 Å². The highest BCUT2D eigenvalue weighted by Crippen LogP contribution is 2.45. The molecule has 1 aliphatic carbocycles. The first-order valence-electron chi connectivity index (χ1n) is 4.64. The van der Waals surface area contributed by atoms with Crippen LogP contribution in [0.5, 0.6) is 0 Å². The summed E-state index contributed by atoms with van der Waals surface area (Å²) in [5, 5.41) is 19.7. The van der Waals surface area contributed by atoms with E-state index in [0.29, 0.717) is 0 Å². The molecule has 1 rings (SSSR count). The van der Waals surface area contributed by atoms with Gasteiger partial charge in [-0.2, -0.15) is 0 Å². The van der Waals surface area contributed by atoms with Crippen LogP contribution in [0.15, 0.2) is 0 Å². The van der Waals surface area contributed by atoms with Gasteiger partial charge in [0, 0.05) is 5.41 Å². The zero-order valence-electron chi connectivity index (χ0n) is 8.46. The summed E-state index contributed by atoms with van der Waals surface area (Å²) in [7, 11) is 0. The Bertz CT molecular complexity index is 173. The van der Waals surface area contributed by atoms with E-state index in [1.54, 1.807) is 0 Å². The minimum Gasteiger partial charge on any atom is -0.392 e. The normalized spacial score (nSPS) is 39.5. The summed E-state index contributed by atoms with van der Waals surface area (Å²) in [5.74, 6) is 0. The van der Waals surface area contributed by atoms with Crippen LogP contribution < -0.4 is 0 Å². The molecule has 1 fully saturated rings. The lowest BCUT2D eigenvalue weighted by Crippen LogP contribution is -2.52. The number of hydrogen-bond acceptors (Lipinski definition) is 2. The largest absolute Gasteiger partial charge is 0.392 e. The molecule has 12 heavy (non-hydrogen) atoms. The van der Waals surface area contributed by atoms with E-state index in [1.165, 1.54) is 0 Å². The van der Waals surface area contributed by atoms with Crippen molar-refractivity contribution in [3.8, 4) is 0 Å². The Balaban J connectivity index is 2.86. The van der Waals surface area contributed by atoms with Gasteiger partial charge in [0.05, 0.1) is 12.2 Å². The molecule has 0 aromatic heterocycles. The van der Waals surface area contributed by atoms with Gasteiger partial charge in [0.1, 0.15) is 0 Å². The van der Waals surface area contributed by atoms with Crippen molar-refractivity contribution in [2.45, 2.75) is 52.7 Å². The van der Waals surface area contributed by atoms with Crippen molar-refractivity contribution in [2.75, 3.05) is 0 Å². The van der Waals surface area contributed by atoms with Crippen molar-refractivity contribution in [1.82, 2.24) is 0 Å². The summed E-state index contributed by atoms with van der Waals surface area (Å²) in [4.78, 5) is 0. The van der Waals surface area contributed by atoms with Gasteiger partial charge in [-0.05, 0) is 18.3 Å². The Kier molecular flexibility index (Phi) is 2.26. The van der Waals surface area contributed by atoms with Crippen molar-refractivity contribution in [1.29, 1.82) is 0 Å². The van der Waals surface area contributed by atoms with Crippen LogP contribution in [0.3, 0.4) is 0 Å². The van der Waals surface area contributed by atoms with Crippen LogP contribution >= 0.6 is 0 Å². The molecule has 0 spiro atoms. The van der Waals surface area contributed by atoms with Crippen LogP contribution in [-0.2, 0) is 0 Å². The number of rotatable bonds is 0. The molecule has 0 heterocycles. The fourth-order valence-electron chi connectivity index (χ4n) is 2.21. The number of aliphatic hydroxyl groups excluding tert-OH is 2. The Morgan fingerprint density at radius 2 is 1.58 bits per heavy atom. The van der Waals surface area contributed by atoms with Gasteiger partial charge in [0.25, 0.3) is 0 Å². The summed E-state index contributed by atoms with van der Waals surface area (Å²) >= 11 is 0. The van der Waals surface area contributed by atoms with Crippen molar-refractivity contribution in [3.63, 3.8) is 0 Å². The number of hydrogen-bond donors (Lipinski definition) is 2. The predicted octanol–water partition coefficient (Wildman–Crippen LogP) is 1.55. The highest BCUT2D eigenvalue weighted by molar-refractivity contribution is 4.97. The fraction of sp³-hybridized carbons (Fsp3) is 1.00. The second-order valence-corrected chi connectivity index (χ2v) is 5.27. The second kappa shape index (κ2) is 2.71. The summed E-state index contributed by atoms with van der Waals surface area (Å²) in [5.41, 5.74) is -0.412. The third-order valence-corrected chi connectivity index (χ3v) is 3.37. The zero-order valence-corrected chi connectivity index (χ0v) is 8.46. The Hall–Kier alpha value is -0.0800. The van der Waals surface area contributed by atoms with E-state index in [1.807, 2.05) is 13.8 Å². The predicted molar refractivity (Wildman–Crippen MR) is 48.8 cm³/mol. The van der Waals surface area contributed by atoms with Crippen LogP contribution in [0.2, 0.25) is 0 Å². The summed E-state index contributed by atoms with van der Waals surface area (Å²) < 4.78 is 0. The Morgan fingerprint density at radius 3 is 2.00 bits per heavy atom. The maximum absolute atomic E-state index is 9.98. The van der Waals surface area contributed by atoms with Crippen molar-refractivity contribution in [3.05, 3.63) is 0 Å².